The van der Waals surface area contributed by atoms with Crippen molar-refractivity contribution < 1.29 is 22.8 Å². The zero-order valence-corrected chi connectivity index (χ0v) is 23.3. The number of ketones is 2. The van der Waals surface area contributed by atoms with Gasteiger partial charge in [0.25, 0.3) is 5.91 Å². The number of carbonyl (C=O) groups is 3. The molecule has 0 spiro atoms. The fourth-order valence-corrected chi connectivity index (χ4v) is 4.42. The van der Waals surface area contributed by atoms with Crippen LogP contribution >= 0.6 is 0 Å². The number of Topliss-reactive ketones (excluding diaryl/α,β-unsaturated/α-hetero) is 2. The summed E-state index contributed by atoms with van der Waals surface area (Å²) < 4.78 is 22.5. The number of nitrogens with zero attached hydrogens (tertiary/aromatic N) is 3. The van der Waals surface area contributed by atoms with Crippen LogP contribution in [0.4, 0.5) is 5.69 Å². The molecule has 0 aliphatic carbocycles. The van der Waals surface area contributed by atoms with E-state index < -0.39 is 17.3 Å². The van der Waals surface area contributed by atoms with Crippen LogP contribution in [0.1, 0.15) is 90.2 Å². The summed E-state index contributed by atoms with van der Waals surface area (Å²) in [6.07, 6.45) is 0. The van der Waals surface area contributed by atoms with Crippen molar-refractivity contribution in [3.8, 4) is 5.75 Å². The normalized spacial score (nSPS) is 13.1. The Balaban J connectivity index is 1.45. The Morgan fingerprint density at radius 3 is 2.26 bits per heavy atom. The Bertz CT molecular complexity index is 1570. The summed E-state index contributed by atoms with van der Waals surface area (Å²) in [4.78, 5) is 36.6. The summed E-state index contributed by atoms with van der Waals surface area (Å²) in [5.41, 5.74) is 2.77. The van der Waals surface area contributed by atoms with Gasteiger partial charge in [-0.3, -0.25) is 24.2 Å². The molecule has 39 heavy (non-hydrogen) atoms. The van der Waals surface area contributed by atoms with Crippen molar-refractivity contribution in [2.45, 2.75) is 53.0 Å². The second kappa shape index (κ2) is 10.8. The number of amides is 1. The summed E-state index contributed by atoms with van der Waals surface area (Å²) in [7, 11) is 0. The van der Waals surface area contributed by atoms with Crippen molar-refractivity contribution >= 4 is 40.1 Å². The van der Waals surface area contributed by atoms with Crippen LogP contribution in [0.3, 0.4) is 0 Å². The molecule has 1 amide bonds. The summed E-state index contributed by atoms with van der Waals surface area (Å²) >= 11 is -2.07. The zero-order chi connectivity index (χ0) is 28.5. The van der Waals surface area contributed by atoms with Gasteiger partial charge in [0.05, 0.1) is 11.7 Å². The number of nitrogens with one attached hydrogen (secondary N) is 3. The highest BCUT2D eigenvalue weighted by Crippen LogP contribution is 2.24. The topological polar surface area (TPSA) is 148 Å². The van der Waals surface area contributed by atoms with Crippen molar-refractivity contribution in [3.05, 3.63) is 76.7 Å². The molecule has 0 saturated carbocycles. The lowest BCUT2D eigenvalue weighted by Gasteiger charge is -2.16. The van der Waals surface area contributed by atoms with Gasteiger partial charge in [0.15, 0.2) is 23.0 Å². The monoisotopic (exact) mass is 550 g/mol. The van der Waals surface area contributed by atoms with Crippen LogP contribution in [0, 0.1) is 0 Å². The van der Waals surface area contributed by atoms with E-state index >= 15 is 0 Å². The van der Waals surface area contributed by atoms with E-state index in [4.69, 9.17) is 4.18 Å². The molecule has 204 valence electrons. The Morgan fingerprint density at radius 2 is 1.64 bits per heavy atom. The molecule has 0 aliphatic heterocycles. The minimum Gasteiger partial charge on any atom is -0.385 e. The van der Waals surface area contributed by atoms with E-state index in [9.17, 15) is 18.6 Å². The number of anilines is 1. The molecule has 0 radical (unpaired) electrons. The molecule has 0 fully saturated rings. The molecule has 3 N–H and O–H groups in total. The molecule has 2 atom stereocenters. The Hall–Kier alpha value is -4.32. The molecule has 2 aromatic carbocycles. The number of rotatable bonds is 9. The van der Waals surface area contributed by atoms with Crippen molar-refractivity contribution in [1.29, 1.82) is 0 Å². The zero-order valence-electron chi connectivity index (χ0n) is 22.5. The van der Waals surface area contributed by atoms with Crippen LogP contribution in [0.25, 0.3) is 5.65 Å². The van der Waals surface area contributed by atoms with Gasteiger partial charge in [0, 0.05) is 33.9 Å². The van der Waals surface area contributed by atoms with Crippen molar-refractivity contribution in [3.63, 3.8) is 0 Å². The van der Waals surface area contributed by atoms with E-state index in [-0.39, 0.29) is 39.8 Å². The van der Waals surface area contributed by atoms with E-state index in [1.165, 1.54) is 38.1 Å². The standard InChI is InChI=1S/C27H30N6O5S/c1-15(25-30-29-24-14-23(27(4,5)6)31-33(24)25)28-26(36)18-8-7-9-21(11-18)32-39(37)38-22-12-19(16(2)34)10-20(13-22)17(3)35/h7-15,31-32H,1-6H3,(H,28,36). The van der Waals surface area contributed by atoms with E-state index in [1.54, 1.807) is 29.6 Å². The number of benzene rings is 2. The van der Waals surface area contributed by atoms with E-state index in [0.29, 0.717) is 22.7 Å². The first kappa shape index (κ1) is 27.7. The molecule has 2 unspecified atom stereocenters. The lowest BCUT2D eigenvalue weighted by molar-refractivity contribution is 0.0936. The highest BCUT2D eigenvalue weighted by molar-refractivity contribution is 7.81. The van der Waals surface area contributed by atoms with Gasteiger partial charge in [0.2, 0.25) is 0 Å². The number of H-pyrrole nitrogens is 1. The lowest BCUT2D eigenvalue weighted by Crippen LogP contribution is -2.28. The largest absolute Gasteiger partial charge is 0.385 e. The highest BCUT2D eigenvalue weighted by Gasteiger charge is 2.22. The predicted molar refractivity (Wildman–Crippen MR) is 147 cm³/mol. The molecule has 11 nitrogen and oxygen atoms in total. The van der Waals surface area contributed by atoms with Crippen LogP contribution < -0.4 is 14.2 Å². The van der Waals surface area contributed by atoms with Crippen LogP contribution in [0.15, 0.2) is 48.5 Å². The molecule has 0 bridgehead atoms. The summed E-state index contributed by atoms with van der Waals surface area (Å²) in [6, 6.07) is 12.2. The second-order valence-electron chi connectivity index (χ2n) is 10.2. The molecule has 2 aromatic heterocycles. The second-order valence-corrected chi connectivity index (χ2v) is 11.1. The maximum Gasteiger partial charge on any atom is 0.316 e. The van der Waals surface area contributed by atoms with Gasteiger partial charge in [-0.05, 0) is 57.2 Å². The van der Waals surface area contributed by atoms with Gasteiger partial charge in [-0.1, -0.05) is 26.8 Å². The number of aromatic amines is 1. The van der Waals surface area contributed by atoms with Gasteiger partial charge in [-0.15, -0.1) is 10.2 Å². The molecular weight excluding hydrogens is 520 g/mol. The van der Waals surface area contributed by atoms with Gasteiger partial charge in [0.1, 0.15) is 5.75 Å². The third-order valence-electron chi connectivity index (χ3n) is 5.98. The Kier molecular flexibility index (Phi) is 7.68. The highest BCUT2D eigenvalue weighted by atomic mass is 32.2. The van der Waals surface area contributed by atoms with E-state index in [2.05, 4.69) is 46.1 Å². The van der Waals surface area contributed by atoms with Gasteiger partial charge >= 0.3 is 11.3 Å². The Morgan fingerprint density at radius 1 is 0.974 bits per heavy atom. The van der Waals surface area contributed by atoms with Crippen LogP contribution in [-0.4, -0.2) is 41.5 Å². The maximum atomic E-state index is 13.0. The first-order valence-electron chi connectivity index (χ1n) is 12.2. The van der Waals surface area contributed by atoms with Crippen molar-refractivity contribution in [1.82, 2.24) is 25.1 Å². The summed E-state index contributed by atoms with van der Waals surface area (Å²) in [6.45, 7) is 10.8. The van der Waals surface area contributed by atoms with Crippen molar-refractivity contribution in [2.24, 2.45) is 0 Å². The number of aromatic nitrogens is 4. The number of hydrogen-bond acceptors (Lipinski definition) is 7. The average molecular weight is 551 g/mol. The number of carbonyl (C=O) groups excluding carboxylic acids is 3. The minimum atomic E-state index is -2.07. The first-order chi connectivity index (χ1) is 18.3. The van der Waals surface area contributed by atoms with Crippen LogP contribution in [-0.2, 0) is 16.7 Å². The van der Waals surface area contributed by atoms with Gasteiger partial charge in [-0.25, -0.2) is 4.52 Å². The molecular formula is C27H30N6O5S. The van der Waals surface area contributed by atoms with E-state index in [1.807, 2.05) is 6.07 Å². The van der Waals surface area contributed by atoms with Crippen LogP contribution in [0.5, 0.6) is 5.75 Å². The maximum absolute atomic E-state index is 13.0. The fraction of sp³-hybridized carbons (Fsp3) is 0.296. The quantitative estimate of drug-likeness (QED) is 0.263. The lowest BCUT2D eigenvalue weighted by atomic mass is 9.93. The third-order valence-corrected chi connectivity index (χ3v) is 6.73. The fourth-order valence-electron chi connectivity index (χ4n) is 3.79. The third kappa shape index (κ3) is 6.40. The molecule has 2 heterocycles. The van der Waals surface area contributed by atoms with E-state index in [0.717, 1.165) is 5.69 Å². The number of fused-ring (bicyclic) bond motifs is 1. The number of hydrogen-bond donors (Lipinski definition) is 3. The molecule has 0 saturated heterocycles. The van der Waals surface area contributed by atoms with Gasteiger partial charge in [-0.2, -0.15) is 4.21 Å². The Labute approximate surface area is 228 Å². The van der Waals surface area contributed by atoms with Gasteiger partial charge < -0.3 is 9.50 Å². The smallest absolute Gasteiger partial charge is 0.316 e. The summed E-state index contributed by atoms with van der Waals surface area (Å²) in [5, 5.41) is 14.6. The molecule has 4 aromatic rings. The molecule has 12 heteroatoms. The SMILES string of the molecule is CC(=O)c1cc(OS(=O)Nc2cccc(C(=O)NC(C)c3nnc4cc(C(C)(C)C)[nH]n34)c2)cc(C(C)=O)c1. The summed E-state index contributed by atoms with van der Waals surface area (Å²) in [5.74, 6) is -0.229. The predicted octanol–water partition coefficient (Wildman–Crippen LogP) is 4.32. The minimum absolute atomic E-state index is 0.0972. The van der Waals surface area contributed by atoms with Crippen molar-refractivity contribution in [2.75, 3.05) is 4.72 Å². The van der Waals surface area contributed by atoms with Crippen LogP contribution in [0.2, 0.25) is 0 Å². The average Bonchev–Trinajstić information content (AvgIpc) is 3.45. The molecule has 0 aliphatic rings. The molecule has 4 rings (SSSR count). The first-order valence-corrected chi connectivity index (χ1v) is 13.3.